The molecule has 2 fully saturated rings. The van der Waals surface area contributed by atoms with E-state index in [4.69, 9.17) is 4.74 Å². The topological polar surface area (TPSA) is 32.7 Å². The molecule has 1 aliphatic heterocycles. The zero-order valence-corrected chi connectivity index (χ0v) is 8.53. The number of likely N-dealkylation sites (N-methyl/N-ethyl adjacent to an activating group) is 1. The van der Waals surface area contributed by atoms with Crippen molar-refractivity contribution in [2.24, 2.45) is 0 Å². The molecular formula is C10H18FNO2. The number of ether oxygens (including phenoxy) is 1. The SMILES string of the molecule is CN(C1COC[C@H]1O)[C@@H]1CCC[C@H]1F. The maximum atomic E-state index is 13.5. The number of halogens is 1. The highest BCUT2D eigenvalue weighted by molar-refractivity contribution is 4.91. The minimum absolute atomic E-state index is 0.0173. The molecule has 3 nitrogen and oxygen atoms in total. The number of alkyl halides is 1. The van der Waals surface area contributed by atoms with Crippen molar-refractivity contribution in [3.63, 3.8) is 0 Å². The first-order chi connectivity index (χ1) is 6.70. The zero-order chi connectivity index (χ0) is 10.1. The van der Waals surface area contributed by atoms with Crippen LogP contribution >= 0.6 is 0 Å². The van der Waals surface area contributed by atoms with Crippen LogP contribution in [-0.4, -0.2) is 54.6 Å². The summed E-state index contributed by atoms with van der Waals surface area (Å²) < 4.78 is 18.6. The molecule has 1 N–H and O–H groups in total. The molecule has 0 amide bonds. The first kappa shape index (κ1) is 10.3. The number of nitrogens with zero attached hydrogens (tertiary/aromatic N) is 1. The summed E-state index contributed by atoms with van der Waals surface area (Å²) in [6.07, 6.45) is 1.35. The molecule has 1 heterocycles. The van der Waals surface area contributed by atoms with Crippen LogP contribution in [0.25, 0.3) is 0 Å². The van der Waals surface area contributed by atoms with E-state index in [1.165, 1.54) is 0 Å². The van der Waals surface area contributed by atoms with Crippen molar-refractivity contribution < 1.29 is 14.2 Å². The molecule has 4 heteroatoms. The molecule has 1 unspecified atom stereocenters. The van der Waals surface area contributed by atoms with Gasteiger partial charge in [-0.15, -0.1) is 0 Å². The quantitative estimate of drug-likeness (QED) is 0.712. The van der Waals surface area contributed by atoms with Gasteiger partial charge in [-0.1, -0.05) is 0 Å². The van der Waals surface area contributed by atoms with Crippen LogP contribution in [0, 0.1) is 0 Å². The van der Waals surface area contributed by atoms with Gasteiger partial charge in [0.15, 0.2) is 0 Å². The Hall–Kier alpha value is -0.190. The molecule has 2 aliphatic rings. The minimum Gasteiger partial charge on any atom is -0.389 e. The van der Waals surface area contributed by atoms with Crippen molar-refractivity contribution in [3.05, 3.63) is 0 Å². The van der Waals surface area contributed by atoms with E-state index in [2.05, 4.69) is 0 Å². The molecule has 0 spiro atoms. The fraction of sp³-hybridized carbons (Fsp3) is 1.00. The highest BCUT2D eigenvalue weighted by Gasteiger charge is 2.38. The highest BCUT2D eigenvalue weighted by Crippen LogP contribution is 2.28. The van der Waals surface area contributed by atoms with E-state index in [0.29, 0.717) is 19.6 Å². The molecule has 1 aliphatic carbocycles. The lowest BCUT2D eigenvalue weighted by Crippen LogP contribution is -2.48. The molecule has 4 atom stereocenters. The van der Waals surface area contributed by atoms with E-state index < -0.39 is 12.3 Å². The second kappa shape index (κ2) is 4.13. The van der Waals surface area contributed by atoms with E-state index in [1.54, 1.807) is 0 Å². The summed E-state index contributed by atoms with van der Waals surface area (Å²) in [4.78, 5) is 1.97. The molecule has 82 valence electrons. The molecule has 0 aromatic rings. The molecule has 0 bridgehead atoms. The Labute approximate surface area is 83.8 Å². The predicted molar refractivity (Wildman–Crippen MR) is 50.9 cm³/mol. The third-order valence-electron chi connectivity index (χ3n) is 3.46. The molecule has 0 aromatic carbocycles. The molecule has 0 aromatic heterocycles. The van der Waals surface area contributed by atoms with E-state index in [-0.39, 0.29) is 12.1 Å². The van der Waals surface area contributed by atoms with Gasteiger partial charge in [-0.25, -0.2) is 4.39 Å². The van der Waals surface area contributed by atoms with Crippen LogP contribution in [-0.2, 0) is 4.74 Å². The Morgan fingerprint density at radius 3 is 2.57 bits per heavy atom. The normalized spacial score (nSPS) is 43.7. The number of hydrogen-bond acceptors (Lipinski definition) is 3. The minimum atomic E-state index is -0.729. The second-order valence-corrected chi connectivity index (χ2v) is 4.35. The van der Waals surface area contributed by atoms with Gasteiger partial charge in [-0.3, -0.25) is 4.90 Å². The van der Waals surface area contributed by atoms with E-state index in [0.717, 1.165) is 12.8 Å². The summed E-state index contributed by atoms with van der Waals surface area (Å²) in [5.41, 5.74) is 0. The summed E-state index contributed by atoms with van der Waals surface area (Å²) in [6.45, 7) is 0.916. The predicted octanol–water partition coefficient (Wildman–Crippen LogP) is 0.568. The lowest BCUT2D eigenvalue weighted by atomic mass is 10.1. The van der Waals surface area contributed by atoms with Gasteiger partial charge in [0.1, 0.15) is 6.17 Å². The number of aliphatic hydroxyl groups excluding tert-OH is 1. The summed E-state index contributed by atoms with van der Waals surface area (Å²) in [5, 5.41) is 9.62. The summed E-state index contributed by atoms with van der Waals surface area (Å²) in [6, 6.07) is -0.0345. The Bertz CT molecular complexity index is 183. The monoisotopic (exact) mass is 203 g/mol. The van der Waals surface area contributed by atoms with E-state index in [1.807, 2.05) is 11.9 Å². The van der Waals surface area contributed by atoms with Gasteiger partial charge in [0.2, 0.25) is 0 Å². The van der Waals surface area contributed by atoms with E-state index in [9.17, 15) is 9.50 Å². The van der Waals surface area contributed by atoms with Gasteiger partial charge >= 0.3 is 0 Å². The van der Waals surface area contributed by atoms with Crippen LogP contribution in [0.5, 0.6) is 0 Å². The zero-order valence-electron chi connectivity index (χ0n) is 8.53. The van der Waals surface area contributed by atoms with Crippen molar-refractivity contribution >= 4 is 0 Å². The highest BCUT2D eigenvalue weighted by atomic mass is 19.1. The maximum Gasteiger partial charge on any atom is 0.116 e. The standard InChI is InChI=1S/C10H18FNO2/c1-12(8-4-2-3-7(8)11)9-5-14-6-10(9)13/h7-10,13H,2-6H2,1H3/t7-,8-,9?,10-/m1/s1. The van der Waals surface area contributed by atoms with Crippen molar-refractivity contribution in [1.29, 1.82) is 0 Å². The molecule has 1 saturated heterocycles. The van der Waals surface area contributed by atoms with Gasteiger partial charge in [-0.2, -0.15) is 0 Å². The van der Waals surface area contributed by atoms with Gasteiger partial charge < -0.3 is 9.84 Å². The first-order valence-corrected chi connectivity index (χ1v) is 5.32. The van der Waals surface area contributed by atoms with Crippen molar-refractivity contribution in [2.75, 3.05) is 20.3 Å². The lowest BCUT2D eigenvalue weighted by molar-refractivity contribution is 0.0526. The van der Waals surface area contributed by atoms with Crippen LogP contribution in [0.4, 0.5) is 4.39 Å². The lowest BCUT2D eigenvalue weighted by Gasteiger charge is -2.32. The summed E-state index contributed by atoms with van der Waals surface area (Å²) >= 11 is 0. The average Bonchev–Trinajstić information content (AvgIpc) is 2.73. The third kappa shape index (κ3) is 1.78. The molecule has 1 saturated carbocycles. The van der Waals surface area contributed by atoms with Gasteiger partial charge in [0.25, 0.3) is 0 Å². The first-order valence-electron chi connectivity index (χ1n) is 5.32. The Kier molecular flexibility index (Phi) is 3.04. The van der Waals surface area contributed by atoms with Crippen molar-refractivity contribution in [2.45, 2.75) is 43.6 Å². The molecular weight excluding hydrogens is 185 g/mol. The summed E-state index contributed by atoms with van der Waals surface area (Å²) in [5.74, 6) is 0. The Morgan fingerprint density at radius 2 is 2.07 bits per heavy atom. The van der Waals surface area contributed by atoms with Crippen LogP contribution in [0.1, 0.15) is 19.3 Å². The molecule has 14 heavy (non-hydrogen) atoms. The van der Waals surface area contributed by atoms with Gasteiger partial charge in [0.05, 0.1) is 25.4 Å². The third-order valence-corrected chi connectivity index (χ3v) is 3.46. The summed E-state index contributed by atoms with van der Waals surface area (Å²) in [7, 11) is 1.89. The smallest absolute Gasteiger partial charge is 0.116 e. The van der Waals surface area contributed by atoms with Crippen LogP contribution < -0.4 is 0 Å². The number of aliphatic hydroxyl groups is 1. The molecule has 0 radical (unpaired) electrons. The Morgan fingerprint density at radius 1 is 1.29 bits per heavy atom. The fourth-order valence-electron chi connectivity index (χ4n) is 2.52. The molecule has 2 rings (SSSR count). The van der Waals surface area contributed by atoms with Crippen molar-refractivity contribution in [3.8, 4) is 0 Å². The maximum absolute atomic E-state index is 13.5. The average molecular weight is 203 g/mol. The van der Waals surface area contributed by atoms with Gasteiger partial charge in [-0.05, 0) is 26.3 Å². The van der Waals surface area contributed by atoms with Crippen molar-refractivity contribution in [1.82, 2.24) is 4.90 Å². The second-order valence-electron chi connectivity index (χ2n) is 4.35. The number of rotatable bonds is 2. The van der Waals surface area contributed by atoms with Crippen LogP contribution in [0.3, 0.4) is 0 Å². The van der Waals surface area contributed by atoms with Crippen LogP contribution in [0.15, 0.2) is 0 Å². The Balaban J connectivity index is 1.96. The van der Waals surface area contributed by atoms with Crippen LogP contribution in [0.2, 0.25) is 0 Å². The van der Waals surface area contributed by atoms with E-state index >= 15 is 0 Å². The largest absolute Gasteiger partial charge is 0.389 e. The number of hydrogen-bond donors (Lipinski definition) is 1. The van der Waals surface area contributed by atoms with Gasteiger partial charge in [0, 0.05) is 6.04 Å². The fourth-order valence-corrected chi connectivity index (χ4v) is 2.52.